The van der Waals surface area contributed by atoms with Gasteiger partial charge in [-0.2, -0.15) is 0 Å². The van der Waals surface area contributed by atoms with E-state index in [1.54, 1.807) is 36.4 Å². The Morgan fingerprint density at radius 2 is 1.05 bits per heavy atom. The first kappa shape index (κ1) is 31.7. The van der Waals surface area contributed by atoms with Gasteiger partial charge in [0, 0.05) is 6.42 Å². The van der Waals surface area contributed by atoms with E-state index < -0.39 is 35.0 Å². The molecule has 0 fully saturated rings. The summed E-state index contributed by atoms with van der Waals surface area (Å²) >= 11 is 0. The highest BCUT2D eigenvalue weighted by Gasteiger charge is 2.42. The van der Waals surface area contributed by atoms with Gasteiger partial charge in [-0.1, -0.05) is 24.3 Å². The van der Waals surface area contributed by atoms with Crippen LogP contribution in [-0.4, -0.2) is 54.8 Å². The second-order valence-electron chi connectivity index (χ2n) is 8.60. The van der Waals surface area contributed by atoms with E-state index in [2.05, 4.69) is 14.7 Å². The van der Waals surface area contributed by atoms with Gasteiger partial charge in [-0.05, 0) is 74.7 Å². The van der Waals surface area contributed by atoms with Gasteiger partial charge >= 0.3 is 11.9 Å². The van der Waals surface area contributed by atoms with Crippen LogP contribution in [0, 0.1) is 10.8 Å². The van der Waals surface area contributed by atoms with Gasteiger partial charge in [0.1, 0.15) is 11.6 Å². The van der Waals surface area contributed by atoms with Crippen molar-refractivity contribution in [1.82, 2.24) is 0 Å². The van der Waals surface area contributed by atoms with Gasteiger partial charge in [-0.3, -0.25) is 19.2 Å². The molecule has 0 aliphatic heterocycles. The molecule has 0 radical (unpaired) electrons. The zero-order valence-electron chi connectivity index (χ0n) is 22.2. The first-order valence-corrected chi connectivity index (χ1v) is 11.5. The molecule has 202 valence electrons. The predicted octanol–water partition coefficient (Wildman–Crippen LogP) is 3.51. The first-order valence-electron chi connectivity index (χ1n) is 11.5. The second kappa shape index (κ2) is 14.4. The monoisotopic (exact) mass is 525 g/mol. The van der Waals surface area contributed by atoms with Gasteiger partial charge in [0.05, 0.1) is 31.3 Å². The number of ketones is 4. The fraction of sp³-hybridized carbons (Fsp3) is 0.357. The van der Waals surface area contributed by atoms with Crippen molar-refractivity contribution in [2.45, 2.75) is 46.1 Å². The molecule has 2 rings (SSSR count). The summed E-state index contributed by atoms with van der Waals surface area (Å²) in [6, 6.07) is 12.8. The van der Waals surface area contributed by atoms with Gasteiger partial charge in [-0.15, -0.1) is 4.91 Å². The van der Waals surface area contributed by atoms with Crippen LogP contribution in [0.1, 0.15) is 59.5 Å². The van der Waals surface area contributed by atoms with Crippen LogP contribution < -0.4 is 0 Å². The largest absolute Gasteiger partial charge is 0.465 e. The lowest BCUT2D eigenvalue weighted by Crippen LogP contribution is -2.44. The lowest BCUT2D eigenvalue weighted by Gasteiger charge is -2.20. The first-order chi connectivity index (χ1) is 17.8. The molecule has 0 bridgehead atoms. The normalized spacial score (nSPS) is 10.5. The average molecular weight is 526 g/mol. The molecule has 0 amide bonds. The van der Waals surface area contributed by atoms with Gasteiger partial charge in [0.15, 0.2) is 11.6 Å². The van der Waals surface area contributed by atoms with E-state index in [9.17, 15) is 33.7 Å². The number of benzene rings is 2. The Balaban J connectivity index is 0.000000382. The molecule has 0 heterocycles. The summed E-state index contributed by atoms with van der Waals surface area (Å²) in [5, 5.41) is 2.75. The number of carbonyl (C=O) groups excluding carboxylic acids is 6. The maximum atomic E-state index is 11.6. The lowest BCUT2D eigenvalue weighted by molar-refractivity contribution is -0.133. The van der Waals surface area contributed by atoms with Crippen molar-refractivity contribution >= 4 is 35.1 Å². The molecule has 0 spiro atoms. The minimum Gasteiger partial charge on any atom is -0.465 e. The number of carbonyl (C=O) groups is 6. The van der Waals surface area contributed by atoms with Crippen LogP contribution in [0.3, 0.4) is 0 Å². The zero-order valence-corrected chi connectivity index (χ0v) is 22.2. The number of hydrogen-bond donors (Lipinski definition) is 0. The Bertz CT molecular complexity index is 1170. The lowest BCUT2D eigenvalue weighted by atomic mass is 9.84. The Hall–Kier alpha value is -4.34. The second-order valence-corrected chi connectivity index (χ2v) is 8.60. The van der Waals surface area contributed by atoms with Crippen molar-refractivity contribution in [2.75, 3.05) is 14.2 Å². The van der Waals surface area contributed by atoms with E-state index in [-0.39, 0.29) is 18.0 Å². The van der Waals surface area contributed by atoms with Crippen molar-refractivity contribution in [1.29, 1.82) is 0 Å². The number of ether oxygens (including phenoxy) is 2. The molecule has 0 N–H and O–H groups in total. The minimum absolute atomic E-state index is 0.122. The minimum atomic E-state index is -1.90. The van der Waals surface area contributed by atoms with Crippen molar-refractivity contribution in [2.24, 2.45) is 11.1 Å². The van der Waals surface area contributed by atoms with Crippen LogP contribution in [0.25, 0.3) is 0 Å². The fourth-order valence-electron chi connectivity index (χ4n) is 3.53. The highest BCUT2D eigenvalue weighted by Crippen LogP contribution is 2.21. The van der Waals surface area contributed by atoms with Gasteiger partial charge in [-0.25, -0.2) is 9.59 Å². The number of methoxy groups -OCH3 is 2. The van der Waals surface area contributed by atoms with Gasteiger partial charge in [0.25, 0.3) is 0 Å². The Morgan fingerprint density at radius 3 is 1.34 bits per heavy atom. The summed E-state index contributed by atoms with van der Waals surface area (Å²) in [6.45, 7) is 5.14. The molecule has 0 aliphatic carbocycles. The van der Waals surface area contributed by atoms with E-state index in [0.29, 0.717) is 23.1 Å². The summed E-state index contributed by atoms with van der Waals surface area (Å²) < 4.78 is 9.15. The number of hydrogen-bond acceptors (Lipinski definition) is 10. The molecule has 2 aromatic carbocycles. The van der Waals surface area contributed by atoms with Gasteiger partial charge in [0.2, 0.25) is 5.54 Å². The highest BCUT2D eigenvalue weighted by atomic mass is 16.5. The molecule has 2 aromatic rings. The summed E-state index contributed by atoms with van der Waals surface area (Å²) in [4.78, 5) is 79.3. The number of nitroso groups, excluding NO2 is 1. The zero-order chi connectivity index (χ0) is 29.0. The van der Waals surface area contributed by atoms with E-state index >= 15 is 0 Å². The molecule has 0 aromatic heterocycles. The number of rotatable bonds is 11. The summed E-state index contributed by atoms with van der Waals surface area (Å²) in [6.07, 6.45) is 0.245. The summed E-state index contributed by atoms with van der Waals surface area (Å²) in [5.41, 5.74) is 0.294. The third kappa shape index (κ3) is 8.36. The Morgan fingerprint density at radius 1 is 0.684 bits per heavy atom. The van der Waals surface area contributed by atoms with Crippen molar-refractivity contribution in [3.05, 3.63) is 75.7 Å². The van der Waals surface area contributed by atoms with Crippen LogP contribution in [0.5, 0.6) is 0 Å². The third-order valence-electron chi connectivity index (χ3n) is 5.95. The summed E-state index contributed by atoms with van der Waals surface area (Å²) in [5.74, 6) is -2.98. The molecular formula is C28H31NO9. The molecule has 0 saturated carbocycles. The highest BCUT2D eigenvalue weighted by molar-refractivity contribution is 6.10. The molecule has 10 heteroatoms. The molecule has 0 saturated heterocycles. The maximum Gasteiger partial charge on any atom is 0.337 e. The number of Topliss-reactive ketones (excluding diaryl/α,β-unsaturated/α-hetero) is 4. The fourth-order valence-corrected chi connectivity index (χ4v) is 3.53. The molecule has 38 heavy (non-hydrogen) atoms. The van der Waals surface area contributed by atoms with E-state index in [4.69, 9.17) is 0 Å². The smallest absolute Gasteiger partial charge is 0.337 e. The van der Waals surface area contributed by atoms with E-state index in [1.807, 2.05) is 0 Å². The third-order valence-corrected chi connectivity index (χ3v) is 5.95. The van der Waals surface area contributed by atoms with Crippen LogP contribution >= 0.6 is 0 Å². The number of esters is 2. The molecule has 0 aliphatic rings. The van der Waals surface area contributed by atoms with Gasteiger partial charge < -0.3 is 9.47 Å². The quantitative estimate of drug-likeness (QED) is 0.244. The number of nitrogens with zero attached hydrogens (tertiary/aromatic N) is 1. The molecule has 10 nitrogen and oxygen atoms in total. The van der Waals surface area contributed by atoms with E-state index in [1.165, 1.54) is 40.2 Å². The van der Waals surface area contributed by atoms with Crippen LogP contribution in [0.2, 0.25) is 0 Å². The topological polar surface area (TPSA) is 150 Å². The average Bonchev–Trinajstić information content (AvgIpc) is 2.89. The van der Waals surface area contributed by atoms with Crippen LogP contribution in [0.15, 0.2) is 53.7 Å². The molecular weight excluding hydrogens is 494 g/mol. The van der Waals surface area contributed by atoms with Crippen molar-refractivity contribution in [3.63, 3.8) is 0 Å². The van der Waals surface area contributed by atoms with Crippen LogP contribution in [0.4, 0.5) is 0 Å². The van der Waals surface area contributed by atoms with Crippen LogP contribution in [-0.2, 0) is 41.5 Å². The maximum absolute atomic E-state index is 11.6. The van der Waals surface area contributed by atoms with Crippen molar-refractivity contribution in [3.8, 4) is 0 Å². The Kier molecular flexibility index (Phi) is 12.0. The standard InChI is InChI=1S/C14H15NO5.C14H16O4/c1-9(16)14(15-19,10(2)17)8-11-4-6-12(7-5-11)13(18)20-3;1-9(15)13(10(2)16)8-11-4-6-12(7-5-11)14(17)18-3/h4-7H,8H2,1-3H3;4-7,13H,8H2,1-3H3. The SMILES string of the molecule is COC(=O)c1ccc(CC(C(C)=O)C(C)=O)cc1.COC(=O)c1ccc(CC(N=O)(C(C)=O)C(C)=O)cc1. The molecule has 0 atom stereocenters. The van der Waals surface area contributed by atoms with E-state index in [0.717, 1.165) is 19.4 Å². The Labute approximate surface area is 220 Å². The summed E-state index contributed by atoms with van der Waals surface area (Å²) in [7, 11) is 2.58. The van der Waals surface area contributed by atoms with Crippen molar-refractivity contribution < 1.29 is 38.2 Å². The molecule has 0 unspecified atom stereocenters. The predicted molar refractivity (Wildman–Crippen MR) is 138 cm³/mol.